The maximum Gasteiger partial charge on any atom is 0.110 e. The van der Waals surface area contributed by atoms with Crippen LogP contribution in [0.5, 0.6) is 0 Å². The topological polar surface area (TPSA) is 22.4 Å². The Morgan fingerprint density at radius 1 is 1.67 bits per heavy atom. The van der Waals surface area contributed by atoms with Crippen LogP contribution in [-0.4, -0.2) is 7.11 Å². The van der Waals surface area contributed by atoms with Crippen molar-refractivity contribution in [2.75, 3.05) is 7.11 Å². The summed E-state index contributed by atoms with van der Waals surface area (Å²) in [4.78, 5) is 0. The molecule has 2 heteroatoms. The van der Waals surface area contributed by atoms with Crippen LogP contribution in [0.2, 0.25) is 0 Å². The summed E-state index contributed by atoms with van der Waals surface area (Å²) < 4.78 is 10.2. The second-order valence-corrected chi connectivity index (χ2v) is 2.51. The molecule has 0 spiro atoms. The average molecular weight is 164 g/mol. The van der Waals surface area contributed by atoms with Gasteiger partial charge in [-0.1, -0.05) is 0 Å². The number of hydrogen-bond donors (Lipinski definition) is 0. The van der Waals surface area contributed by atoms with E-state index in [1.165, 1.54) is 0 Å². The number of furan rings is 1. The highest BCUT2D eigenvalue weighted by Gasteiger charge is 2.03. The van der Waals surface area contributed by atoms with Crippen molar-refractivity contribution in [2.45, 2.75) is 19.4 Å². The van der Waals surface area contributed by atoms with Crippen LogP contribution >= 0.6 is 0 Å². The number of rotatable bonds is 4. The minimum absolute atomic E-state index is 0.594. The lowest BCUT2D eigenvalue weighted by molar-refractivity contribution is 0.183. The van der Waals surface area contributed by atoms with E-state index >= 15 is 0 Å². The lowest BCUT2D eigenvalue weighted by Crippen LogP contribution is -1.90. The fraction of sp³-hybridized carbons (Fsp3) is 0.400. The van der Waals surface area contributed by atoms with Gasteiger partial charge in [-0.25, -0.2) is 0 Å². The monoisotopic (exact) mass is 164 g/mol. The summed E-state index contributed by atoms with van der Waals surface area (Å²) in [5.41, 5.74) is 1.09. The minimum atomic E-state index is 0.594. The normalized spacial score (nSPS) is 9.67. The van der Waals surface area contributed by atoms with Crippen LogP contribution < -0.4 is 0 Å². The van der Waals surface area contributed by atoms with Crippen LogP contribution in [0.15, 0.2) is 16.7 Å². The third-order valence-electron chi connectivity index (χ3n) is 1.63. The van der Waals surface area contributed by atoms with Crippen molar-refractivity contribution < 1.29 is 9.15 Å². The molecule has 1 aromatic heterocycles. The molecule has 0 aliphatic rings. The maximum atomic E-state index is 5.24. The number of aryl methyl sites for hydroxylation is 1. The Labute approximate surface area is 72.5 Å². The lowest BCUT2D eigenvalue weighted by atomic mass is 10.2. The van der Waals surface area contributed by atoms with Gasteiger partial charge in [0.1, 0.15) is 5.76 Å². The Bertz CT molecular complexity index is 268. The van der Waals surface area contributed by atoms with E-state index < -0.39 is 0 Å². The van der Waals surface area contributed by atoms with Crippen LogP contribution in [0.3, 0.4) is 0 Å². The van der Waals surface area contributed by atoms with E-state index in [1.54, 1.807) is 13.4 Å². The van der Waals surface area contributed by atoms with Crippen LogP contribution in [0.4, 0.5) is 0 Å². The standard InChI is InChI=1S/C10H12O2/c1-3-4-5-10-9(8-11-2)6-7-12-10/h1,6-7H,4-5,8H2,2H3. The van der Waals surface area contributed by atoms with E-state index in [9.17, 15) is 0 Å². The second kappa shape index (κ2) is 4.63. The van der Waals surface area contributed by atoms with E-state index in [0.717, 1.165) is 17.7 Å². The largest absolute Gasteiger partial charge is 0.469 e. The Balaban J connectivity index is 2.58. The average Bonchev–Trinajstić information content (AvgIpc) is 2.50. The molecule has 64 valence electrons. The van der Waals surface area contributed by atoms with E-state index in [1.807, 2.05) is 6.07 Å². The summed E-state index contributed by atoms with van der Waals surface area (Å²) in [5, 5.41) is 0. The molecule has 0 amide bonds. The van der Waals surface area contributed by atoms with Crippen molar-refractivity contribution in [3.63, 3.8) is 0 Å². The molecule has 1 rings (SSSR count). The molecule has 1 heterocycles. The Hall–Kier alpha value is -1.20. The zero-order valence-corrected chi connectivity index (χ0v) is 7.17. The Kier molecular flexibility index (Phi) is 3.43. The van der Waals surface area contributed by atoms with Gasteiger partial charge in [-0.3, -0.25) is 0 Å². The third kappa shape index (κ3) is 2.14. The molecular weight excluding hydrogens is 152 g/mol. The molecular formula is C10H12O2. The summed E-state index contributed by atoms with van der Waals surface area (Å²) in [6.07, 6.45) is 8.32. The van der Waals surface area contributed by atoms with Gasteiger partial charge in [-0.2, -0.15) is 0 Å². The highest BCUT2D eigenvalue weighted by molar-refractivity contribution is 5.16. The van der Waals surface area contributed by atoms with Crippen LogP contribution in [-0.2, 0) is 17.8 Å². The van der Waals surface area contributed by atoms with Gasteiger partial charge in [0.15, 0.2) is 0 Å². The van der Waals surface area contributed by atoms with Gasteiger partial charge in [0, 0.05) is 25.5 Å². The molecule has 1 aromatic rings. The zero-order chi connectivity index (χ0) is 8.81. The predicted octanol–water partition coefficient (Wildman–Crippen LogP) is 1.99. The Morgan fingerprint density at radius 2 is 2.50 bits per heavy atom. The number of hydrogen-bond acceptors (Lipinski definition) is 2. The smallest absolute Gasteiger partial charge is 0.110 e. The SMILES string of the molecule is C#CCCc1occc1COC. The molecule has 0 aliphatic carbocycles. The number of ether oxygens (including phenoxy) is 1. The van der Waals surface area contributed by atoms with E-state index in [4.69, 9.17) is 15.6 Å². The summed E-state index contributed by atoms with van der Waals surface area (Å²) in [6, 6.07) is 1.91. The molecule has 0 bridgehead atoms. The molecule has 0 saturated carbocycles. The minimum Gasteiger partial charge on any atom is -0.469 e. The second-order valence-electron chi connectivity index (χ2n) is 2.51. The fourth-order valence-electron chi connectivity index (χ4n) is 1.06. The van der Waals surface area contributed by atoms with Crippen LogP contribution in [0, 0.1) is 12.3 Å². The molecule has 12 heavy (non-hydrogen) atoms. The highest BCUT2D eigenvalue weighted by atomic mass is 16.5. The van der Waals surface area contributed by atoms with Gasteiger partial charge in [0.2, 0.25) is 0 Å². The van der Waals surface area contributed by atoms with Crippen LogP contribution in [0.1, 0.15) is 17.7 Å². The molecule has 0 radical (unpaired) electrons. The zero-order valence-electron chi connectivity index (χ0n) is 7.17. The van der Waals surface area contributed by atoms with Crippen molar-refractivity contribution in [2.24, 2.45) is 0 Å². The first kappa shape index (κ1) is 8.89. The van der Waals surface area contributed by atoms with Crippen molar-refractivity contribution in [3.8, 4) is 12.3 Å². The van der Waals surface area contributed by atoms with Crippen molar-refractivity contribution >= 4 is 0 Å². The van der Waals surface area contributed by atoms with Gasteiger partial charge in [0.05, 0.1) is 12.9 Å². The first-order chi connectivity index (χ1) is 5.88. The van der Waals surface area contributed by atoms with E-state index in [2.05, 4.69) is 5.92 Å². The van der Waals surface area contributed by atoms with Crippen LogP contribution in [0.25, 0.3) is 0 Å². The predicted molar refractivity (Wildman–Crippen MR) is 46.6 cm³/mol. The van der Waals surface area contributed by atoms with Crippen molar-refractivity contribution in [1.29, 1.82) is 0 Å². The highest BCUT2D eigenvalue weighted by Crippen LogP contribution is 2.13. The summed E-state index contributed by atoms with van der Waals surface area (Å²) in [5.74, 6) is 3.51. The molecule has 0 aliphatic heterocycles. The van der Waals surface area contributed by atoms with Gasteiger partial charge in [-0.15, -0.1) is 12.3 Å². The lowest BCUT2D eigenvalue weighted by Gasteiger charge is -1.98. The summed E-state index contributed by atoms with van der Waals surface area (Å²) >= 11 is 0. The first-order valence-electron chi connectivity index (χ1n) is 3.86. The number of methoxy groups -OCH3 is 1. The maximum absolute atomic E-state index is 5.24. The summed E-state index contributed by atoms with van der Waals surface area (Å²) in [6.45, 7) is 0.594. The molecule has 0 fully saturated rings. The molecule has 0 aromatic carbocycles. The van der Waals surface area contributed by atoms with E-state index in [-0.39, 0.29) is 0 Å². The van der Waals surface area contributed by atoms with Crippen molar-refractivity contribution in [3.05, 3.63) is 23.7 Å². The molecule has 0 unspecified atom stereocenters. The van der Waals surface area contributed by atoms with Gasteiger partial charge in [-0.05, 0) is 6.07 Å². The molecule has 2 nitrogen and oxygen atoms in total. The fourth-order valence-corrected chi connectivity index (χ4v) is 1.06. The molecule has 0 saturated heterocycles. The summed E-state index contributed by atoms with van der Waals surface area (Å²) in [7, 11) is 1.66. The van der Waals surface area contributed by atoms with E-state index in [0.29, 0.717) is 13.0 Å². The van der Waals surface area contributed by atoms with Gasteiger partial charge < -0.3 is 9.15 Å². The number of terminal acetylenes is 1. The third-order valence-corrected chi connectivity index (χ3v) is 1.63. The Morgan fingerprint density at radius 3 is 3.17 bits per heavy atom. The van der Waals surface area contributed by atoms with Gasteiger partial charge >= 0.3 is 0 Å². The van der Waals surface area contributed by atoms with Gasteiger partial charge in [0.25, 0.3) is 0 Å². The molecule has 0 N–H and O–H groups in total. The quantitative estimate of drug-likeness (QED) is 0.635. The van der Waals surface area contributed by atoms with Crippen molar-refractivity contribution in [1.82, 2.24) is 0 Å². The molecule has 0 atom stereocenters. The first-order valence-corrected chi connectivity index (χ1v) is 3.86.